The number of aromatic amines is 1. The van der Waals surface area contributed by atoms with Gasteiger partial charge in [-0.3, -0.25) is 14.8 Å². The predicted molar refractivity (Wildman–Crippen MR) is 99.0 cm³/mol. The second kappa shape index (κ2) is 7.31. The fourth-order valence-corrected chi connectivity index (χ4v) is 3.42. The number of hydrogen-bond donors (Lipinski definition) is 1. The number of carbonyl (C=O) groups excluding carboxylic acids is 2. The highest BCUT2D eigenvalue weighted by molar-refractivity contribution is 6.53. The predicted octanol–water partition coefficient (Wildman–Crippen LogP) is 3.10. The zero-order valence-corrected chi connectivity index (χ0v) is 15.2. The van der Waals surface area contributed by atoms with Crippen molar-refractivity contribution in [3.8, 4) is 5.75 Å². The van der Waals surface area contributed by atoms with Crippen molar-refractivity contribution in [2.75, 3.05) is 13.1 Å². The summed E-state index contributed by atoms with van der Waals surface area (Å²) in [5.74, 6) is -2.57. The zero-order chi connectivity index (χ0) is 20.6. The maximum Gasteiger partial charge on any atom is 0.491 e. The van der Waals surface area contributed by atoms with Gasteiger partial charge in [0.2, 0.25) is 5.78 Å². The van der Waals surface area contributed by atoms with Gasteiger partial charge in [0.05, 0.1) is 17.1 Å². The van der Waals surface area contributed by atoms with Gasteiger partial charge in [-0.2, -0.15) is 13.2 Å². The van der Waals surface area contributed by atoms with Gasteiger partial charge in [0, 0.05) is 31.3 Å². The van der Waals surface area contributed by atoms with Crippen LogP contribution in [0.15, 0.2) is 40.4 Å². The van der Waals surface area contributed by atoms with Crippen LogP contribution in [0.3, 0.4) is 0 Å². The van der Waals surface area contributed by atoms with Crippen LogP contribution in [0.2, 0.25) is 0 Å². The lowest BCUT2D eigenvalue weighted by Crippen LogP contribution is -2.30. The van der Waals surface area contributed by atoms with Crippen LogP contribution in [0.1, 0.15) is 33.6 Å². The Labute approximate surface area is 163 Å². The molecule has 0 bridgehead atoms. The van der Waals surface area contributed by atoms with E-state index in [0.717, 1.165) is 28.8 Å². The molecule has 0 saturated heterocycles. The summed E-state index contributed by atoms with van der Waals surface area (Å²) in [6.45, 7) is 1.05. The molecule has 0 amide bonds. The Morgan fingerprint density at radius 3 is 2.72 bits per heavy atom. The molecule has 9 heteroatoms. The molecule has 1 aromatic heterocycles. The molecule has 2 aliphatic rings. The number of ether oxygens (including phenoxy) is 1. The molecule has 0 saturated carbocycles. The molecule has 1 aromatic carbocycles. The quantitative estimate of drug-likeness (QED) is 0.629. The van der Waals surface area contributed by atoms with Gasteiger partial charge >= 0.3 is 12.1 Å². The van der Waals surface area contributed by atoms with E-state index in [0.29, 0.717) is 37.3 Å². The third-order valence-corrected chi connectivity index (χ3v) is 4.83. The van der Waals surface area contributed by atoms with Crippen molar-refractivity contribution in [2.24, 2.45) is 9.98 Å². The molecule has 1 N–H and O–H groups in total. The summed E-state index contributed by atoms with van der Waals surface area (Å²) in [5.41, 5.74) is 4.70. The van der Waals surface area contributed by atoms with Crippen LogP contribution < -0.4 is 4.74 Å². The van der Waals surface area contributed by atoms with Crippen LogP contribution in [0, 0.1) is 0 Å². The first-order chi connectivity index (χ1) is 13.8. The molecule has 2 heterocycles. The van der Waals surface area contributed by atoms with Crippen molar-refractivity contribution in [1.82, 2.24) is 4.98 Å². The first-order valence-electron chi connectivity index (χ1n) is 9.03. The number of halogens is 3. The average molecular weight is 403 g/mol. The van der Waals surface area contributed by atoms with Crippen LogP contribution in [-0.2, 0) is 17.6 Å². The van der Waals surface area contributed by atoms with E-state index < -0.39 is 12.1 Å². The zero-order valence-electron chi connectivity index (χ0n) is 15.2. The van der Waals surface area contributed by atoms with E-state index in [9.17, 15) is 22.8 Å². The summed E-state index contributed by atoms with van der Waals surface area (Å²) in [5, 5.41) is 0. The molecule has 29 heavy (non-hydrogen) atoms. The molecule has 150 valence electrons. The van der Waals surface area contributed by atoms with Gasteiger partial charge < -0.3 is 9.72 Å². The number of rotatable bonds is 4. The van der Waals surface area contributed by atoms with Gasteiger partial charge in [-0.05, 0) is 36.1 Å². The van der Waals surface area contributed by atoms with Gasteiger partial charge in [-0.15, -0.1) is 0 Å². The van der Waals surface area contributed by atoms with Crippen LogP contribution in [0.5, 0.6) is 5.75 Å². The van der Waals surface area contributed by atoms with Crippen molar-refractivity contribution in [1.29, 1.82) is 0 Å². The Bertz CT molecular complexity index is 1030. The number of H-pyrrole nitrogens is 1. The molecule has 0 radical (unpaired) electrons. The summed E-state index contributed by atoms with van der Waals surface area (Å²) in [4.78, 5) is 35.4. The molecule has 0 spiro atoms. The van der Waals surface area contributed by atoms with Gasteiger partial charge in [0.1, 0.15) is 5.75 Å². The van der Waals surface area contributed by atoms with E-state index in [1.54, 1.807) is 12.1 Å². The molecule has 0 atom stereocenters. The molecule has 2 aromatic rings. The Balaban J connectivity index is 1.39. The topological polar surface area (TPSA) is 83.9 Å². The van der Waals surface area contributed by atoms with Crippen molar-refractivity contribution in [3.05, 3.63) is 52.8 Å². The number of alkyl halides is 3. The summed E-state index contributed by atoms with van der Waals surface area (Å²) in [6.07, 6.45) is -1.47. The van der Waals surface area contributed by atoms with E-state index >= 15 is 0 Å². The van der Waals surface area contributed by atoms with Crippen molar-refractivity contribution < 1.29 is 27.5 Å². The fourth-order valence-electron chi connectivity index (χ4n) is 3.42. The smallest absolute Gasteiger partial charge is 0.420 e. The lowest BCUT2D eigenvalue weighted by Gasteiger charge is -2.20. The number of ketones is 1. The lowest BCUT2D eigenvalue weighted by molar-refractivity contribution is -0.189. The molecule has 0 fully saturated rings. The van der Waals surface area contributed by atoms with Crippen molar-refractivity contribution >= 4 is 23.2 Å². The van der Waals surface area contributed by atoms with Crippen LogP contribution in [0.25, 0.3) is 0 Å². The van der Waals surface area contributed by atoms with Gasteiger partial charge in [0.15, 0.2) is 0 Å². The van der Waals surface area contributed by atoms with Crippen molar-refractivity contribution in [2.45, 2.75) is 25.4 Å². The van der Waals surface area contributed by atoms with Crippen molar-refractivity contribution in [3.63, 3.8) is 0 Å². The van der Waals surface area contributed by atoms with Crippen LogP contribution in [-0.4, -0.2) is 47.4 Å². The van der Waals surface area contributed by atoms with E-state index in [1.165, 1.54) is 12.1 Å². The minimum absolute atomic E-state index is 0.124. The van der Waals surface area contributed by atoms with E-state index in [4.69, 9.17) is 0 Å². The van der Waals surface area contributed by atoms with Gasteiger partial charge in [0.25, 0.3) is 0 Å². The van der Waals surface area contributed by atoms with Crippen LogP contribution >= 0.6 is 0 Å². The first kappa shape index (κ1) is 19.1. The summed E-state index contributed by atoms with van der Waals surface area (Å²) < 4.78 is 40.9. The molecule has 1 aliphatic heterocycles. The fraction of sp³-hybridized carbons (Fsp3) is 0.300. The number of nitrogens with one attached hydrogen (secondary N) is 1. The second-order valence-electron chi connectivity index (χ2n) is 6.76. The maximum absolute atomic E-state index is 12.6. The largest absolute Gasteiger partial charge is 0.491 e. The summed E-state index contributed by atoms with van der Waals surface area (Å²) in [6, 6.07) is 5.70. The third-order valence-electron chi connectivity index (χ3n) is 4.83. The van der Waals surface area contributed by atoms with E-state index in [-0.39, 0.29) is 11.5 Å². The molecular weight excluding hydrogens is 387 g/mol. The summed E-state index contributed by atoms with van der Waals surface area (Å²) >= 11 is 0. The Morgan fingerprint density at radius 1 is 1.24 bits per heavy atom. The SMILES string of the molecule is O=C1C(=NCCc2ccc(OC(=O)C(F)(F)F)cc2)CC2=NCCc3c[nH]c1c32. The lowest BCUT2D eigenvalue weighted by atomic mass is 9.88. The molecule has 1 aliphatic carbocycles. The Morgan fingerprint density at radius 2 is 2.00 bits per heavy atom. The molecule has 4 rings (SSSR count). The second-order valence-corrected chi connectivity index (χ2v) is 6.76. The Kier molecular flexibility index (Phi) is 4.81. The number of benzene rings is 1. The number of carbonyl (C=O) groups is 2. The van der Waals surface area contributed by atoms with E-state index in [2.05, 4.69) is 19.7 Å². The minimum Gasteiger partial charge on any atom is -0.420 e. The molecular formula is C20H16F3N3O3. The highest BCUT2D eigenvalue weighted by Gasteiger charge is 2.41. The number of hydrogen-bond acceptors (Lipinski definition) is 5. The molecule has 6 nitrogen and oxygen atoms in total. The van der Waals surface area contributed by atoms with Gasteiger partial charge in [-0.1, -0.05) is 12.1 Å². The summed E-state index contributed by atoms with van der Waals surface area (Å²) in [7, 11) is 0. The number of esters is 1. The third kappa shape index (κ3) is 3.85. The monoisotopic (exact) mass is 403 g/mol. The minimum atomic E-state index is -5.04. The standard InChI is InChI=1S/C20H16F3N3O3/c21-20(22,23)19(28)29-13-3-1-11(2-4-13)5-7-25-15-9-14-16-12(6-8-24-14)10-26-17(16)18(15)27/h1-4,10,26H,5-9H2. The number of nitrogens with zero attached hydrogens (tertiary/aromatic N) is 2. The van der Waals surface area contributed by atoms with Gasteiger partial charge in [-0.25, -0.2) is 4.79 Å². The number of aliphatic imine (C=N–C) groups is 2. The first-order valence-corrected chi connectivity index (χ1v) is 9.03. The molecule has 0 unspecified atom stereocenters. The maximum atomic E-state index is 12.6. The highest BCUT2D eigenvalue weighted by Crippen LogP contribution is 2.27. The van der Waals surface area contributed by atoms with Crippen LogP contribution in [0.4, 0.5) is 13.2 Å². The van der Waals surface area contributed by atoms with E-state index in [1.807, 2.05) is 6.20 Å². The Hall–Kier alpha value is -3.23. The normalized spacial score (nSPS) is 17.1. The number of aromatic nitrogens is 1. The number of Topliss-reactive ketones (excluding diaryl/α,β-unsaturated/α-hetero) is 1. The average Bonchev–Trinajstić information content (AvgIpc) is 3.12. The highest BCUT2D eigenvalue weighted by atomic mass is 19.4.